The number of carboxylic acid groups (broad SMARTS) is 1. The molecule has 132 valence electrons. The van der Waals surface area contributed by atoms with Crippen LogP contribution in [0.1, 0.15) is 44.6 Å². The lowest BCUT2D eigenvalue weighted by Crippen LogP contribution is -2.46. The summed E-state index contributed by atoms with van der Waals surface area (Å²) in [6, 6.07) is 7.37. The molecule has 7 heteroatoms. The number of alkyl halides is 2. The van der Waals surface area contributed by atoms with E-state index < -0.39 is 15.9 Å². The molecular weight excluding hydrogens is 353 g/mol. The Hall–Kier alpha value is -1.46. The largest absolute Gasteiger partial charge is 0.481 e. The molecule has 1 atom stereocenters. The summed E-state index contributed by atoms with van der Waals surface area (Å²) >= 11 is 12.1. The number of hydrogen-bond acceptors (Lipinski definition) is 3. The average molecular weight is 374 g/mol. The number of rotatable bonds is 8. The Morgan fingerprint density at radius 2 is 1.92 bits per heavy atom. The summed E-state index contributed by atoms with van der Waals surface area (Å²) in [6.07, 6.45) is 1.14. The van der Waals surface area contributed by atoms with Crippen molar-refractivity contribution < 1.29 is 19.4 Å². The van der Waals surface area contributed by atoms with E-state index in [0.29, 0.717) is 18.7 Å². The molecule has 1 unspecified atom stereocenters. The maximum absolute atomic E-state index is 12.2. The van der Waals surface area contributed by atoms with Crippen molar-refractivity contribution in [3.8, 4) is 5.75 Å². The van der Waals surface area contributed by atoms with Crippen molar-refractivity contribution in [3.05, 3.63) is 29.8 Å². The highest BCUT2D eigenvalue weighted by Crippen LogP contribution is 2.59. The molecule has 1 aliphatic rings. The van der Waals surface area contributed by atoms with Crippen LogP contribution in [0.3, 0.4) is 0 Å². The lowest BCUT2D eigenvalue weighted by Gasteiger charge is -2.25. The summed E-state index contributed by atoms with van der Waals surface area (Å²) < 4.78 is 5.09. The maximum Gasteiger partial charge on any atom is 0.303 e. The van der Waals surface area contributed by atoms with Crippen LogP contribution in [0.4, 0.5) is 0 Å². The first-order chi connectivity index (χ1) is 11.1. The zero-order valence-corrected chi connectivity index (χ0v) is 15.2. The molecule has 0 bridgehead atoms. The summed E-state index contributed by atoms with van der Waals surface area (Å²) in [5, 5.41) is 11.3. The Bertz CT molecular complexity index is 614. The van der Waals surface area contributed by atoms with Crippen molar-refractivity contribution >= 4 is 35.1 Å². The van der Waals surface area contributed by atoms with E-state index in [0.717, 1.165) is 12.0 Å². The fraction of sp³-hybridized carbons (Fsp3) is 0.529. The number of benzene rings is 1. The quantitative estimate of drug-likeness (QED) is 0.540. The molecule has 0 aromatic heterocycles. The fourth-order valence-electron chi connectivity index (χ4n) is 2.34. The van der Waals surface area contributed by atoms with Crippen LogP contribution in [0, 0.1) is 0 Å². The molecule has 0 saturated heterocycles. The van der Waals surface area contributed by atoms with E-state index in [4.69, 9.17) is 33.0 Å². The van der Waals surface area contributed by atoms with Crippen molar-refractivity contribution in [1.29, 1.82) is 0 Å². The summed E-state index contributed by atoms with van der Waals surface area (Å²) in [7, 11) is 0. The highest BCUT2D eigenvalue weighted by atomic mass is 35.5. The number of carbonyl (C=O) groups is 2. The number of ether oxygens (including phenoxy) is 1. The molecule has 0 spiro atoms. The van der Waals surface area contributed by atoms with Gasteiger partial charge in [-0.25, -0.2) is 0 Å². The van der Waals surface area contributed by atoms with Crippen LogP contribution in [0.15, 0.2) is 24.3 Å². The summed E-state index contributed by atoms with van der Waals surface area (Å²) in [5.41, 5.74) is -0.0177. The van der Waals surface area contributed by atoms with E-state index in [9.17, 15) is 9.59 Å². The second-order valence-electron chi connectivity index (χ2n) is 6.45. The molecule has 2 N–H and O–H groups in total. The normalized spacial score (nSPS) is 18.8. The molecule has 1 amide bonds. The monoisotopic (exact) mass is 373 g/mol. The molecule has 1 fully saturated rings. The van der Waals surface area contributed by atoms with Gasteiger partial charge in [0.1, 0.15) is 10.1 Å². The summed E-state index contributed by atoms with van der Waals surface area (Å²) in [4.78, 5) is 22.6. The van der Waals surface area contributed by atoms with Crippen LogP contribution < -0.4 is 10.1 Å². The number of aliphatic carboxylic acids is 1. The van der Waals surface area contributed by atoms with Gasteiger partial charge in [-0.3, -0.25) is 9.59 Å². The van der Waals surface area contributed by atoms with E-state index in [1.165, 1.54) is 0 Å². The maximum atomic E-state index is 12.2. The van der Waals surface area contributed by atoms with Gasteiger partial charge in [0.15, 0.2) is 5.60 Å². The number of halogens is 2. The zero-order chi connectivity index (χ0) is 18.0. The highest BCUT2D eigenvalue weighted by Gasteiger charge is 2.52. The molecule has 0 radical (unpaired) electrons. The number of carboxylic acids is 1. The van der Waals surface area contributed by atoms with Crippen molar-refractivity contribution in [3.63, 3.8) is 0 Å². The van der Waals surface area contributed by atoms with Crippen LogP contribution >= 0.6 is 23.2 Å². The second kappa shape index (κ2) is 7.19. The van der Waals surface area contributed by atoms with Crippen LogP contribution in [0.5, 0.6) is 5.75 Å². The molecule has 1 aromatic carbocycles. The standard InChI is InChI=1S/C17H21Cl2NO4/c1-16(2,15(23)20-9-3-4-14(21)22)24-12-7-5-11(6-8-12)13-10-17(13,18)19/h5-8,13H,3-4,9-10H2,1-2H3,(H,20,23)(H,21,22). The van der Waals surface area contributed by atoms with Gasteiger partial charge in [-0.1, -0.05) is 12.1 Å². The first-order valence-corrected chi connectivity index (χ1v) is 8.54. The second-order valence-corrected chi connectivity index (χ2v) is 7.99. The SMILES string of the molecule is CC(C)(Oc1ccc(C2CC2(Cl)Cl)cc1)C(=O)NCCCC(=O)O. The zero-order valence-electron chi connectivity index (χ0n) is 13.6. The molecule has 24 heavy (non-hydrogen) atoms. The fourth-order valence-corrected chi connectivity index (χ4v) is 2.90. The van der Waals surface area contributed by atoms with E-state index in [1.807, 2.05) is 12.1 Å². The predicted molar refractivity (Wildman–Crippen MR) is 92.8 cm³/mol. The number of hydrogen-bond donors (Lipinski definition) is 2. The number of amides is 1. The van der Waals surface area contributed by atoms with E-state index in [1.54, 1.807) is 26.0 Å². The minimum absolute atomic E-state index is 0.0207. The topological polar surface area (TPSA) is 75.6 Å². The Morgan fingerprint density at radius 1 is 1.33 bits per heavy atom. The molecule has 0 heterocycles. The molecule has 1 saturated carbocycles. The predicted octanol–water partition coefficient (Wildman–Crippen LogP) is 3.49. The molecule has 1 aromatic rings. The van der Waals surface area contributed by atoms with E-state index in [2.05, 4.69) is 5.32 Å². The third-order valence-corrected chi connectivity index (χ3v) is 4.72. The van der Waals surface area contributed by atoms with Gasteiger partial charge < -0.3 is 15.2 Å². The van der Waals surface area contributed by atoms with Gasteiger partial charge in [0, 0.05) is 18.9 Å². The van der Waals surface area contributed by atoms with Crippen molar-refractivity contribution in [1.82, 2.24) is 5.32 Å². The number of nitrogens with one attached hydrogen (secondary N) is 1. The van der Waals surface area contributed by atoms with Crippen molar-refractivity contribution in [2.45, 2.75) is 49.0 Å². The van der Waals surface area contributed by atoms with Gasteiger partial charge in [0.25, 0.3) is 5.91 Å². The average Bonchev–Trinajstić information content (AvgIpc) is 3.12. The summed E-state index contributed by atoms with van der Waals surface area (Å²) in [5.74, 6) is -0.464. The lowest BCUT2D eigenvalue weighted by atomic mass is 10.1. The minimum Gasteiger partial charge on any atom is -0.481 e. The third kappa shape index (κ3) is 5.02. The molecule has 2 rings (SSSR count). The Kier molecular flexibility index (Phi) is 5.66. The first kappa shape index (κ1) is 18.9. The Morgan fingerprint density at radius 3 is 2.42 bits per heavy atom. The van der Waals surface area contributed by atoms with E-state index >= 15 is 0 Å². The van der Waals surface area contributed by atoms with E-state index in [-0.39, 0.29) is 18.2 Å². The smallest absolute Gasteiger partial charge is 0.303 e. The molecule has 5 nitrogen and oxygen atoms in total. The Labute approximate surface area is 151 Å². The van der Waals surface area contributed by atoms with Gasteiger partial charge in [-0.2, -0.15) is 0 Å². The van der Waals surface area contributed by atoms with Crippen LogP contribution in [0.25, 0.3) is 0 Å². The Balaban J connectivity index is 1.86. The first-order valence-electron chi connectivity index (χ1n) is 7.79. The van der Waals surface area contributed by atoms with Gasteiger partial charge in [-0.05, 0) is 44.4 Å². The van der Waals surface area contributed by atoms with Gasteiger partial charge >= 0.3 is 5.97 Å². The van der Waals surface area contributed by atoms with Crippen molar-refractivity contribution in [2.75, 3.05) is 6.54 Å². The van der Waals surface area contributed by atoms with Crippen LogP contribution in [-0.2, 0) is 9.59 Å². The number of carbonyl (C=O) groups excluding carboxylic acids is 1. The van der Waals surface area contributed by atoms with Crippen LogP contribution in [0.2, 0.25) is 0 Å². The molecular formula is C17H21Cl2NO4. The summed E-state index contributed by atoms with van der Waals surface area (Å²) in [6.45, 7) is 3.62. The van der Waals surface area contributed by atoms with Gasteiger partial charge in [-0.15, -0.1) is 23.2 Å². The highest BCUT2D eigenvalue weighted by molar-refractivity contribution is 6.51. The van der Waals surface area contributed by atoms with Gasteiger partial charge in [0.2, 0.25) is 0 Å². The molecule has 0 aliphatic heterocycles. The third-order valence-electron chi connectivity index (χ3n) is 3.88. The van der Waals surface area contributed by atoms with Crippen LogP contribution in [-0.4, -0.2) is 33.5 Å². The minimum atomic E-state index is -1.06. The van der Waals surface area contributed by atoms with Crippen molar-refractivity contribution in [2.24, 2.45) is 0 Å². The lowest BCUT2D eigenvalue weighted by molar-refractivity contribution is -0.138. The van der Waals surface area contributed by atoms with Gasteiger partial charge in [0.05, 0.1) is 0 Å². The molecule has 1 aliphatic carbocycles.